The van der Waals surface area contributed by atoms with Crippen LogP contribution in [0.1, 0.15) is 19.6 Å². The highest BCUT2D eigenvalue weighted by molar-refractivity contribution is 5.60. The maximum atomic E-state index is 10.3. The van der Waals surface area contributed by atoms with Crippen LogP contribution in [0.4, 0.5) is 5.69 Å². The summed E-state index contributed by atoms with van der Waals surface area (Å²) in [6.45, 7) is 5.96. The van der Waals surface area contributed by atoms with Crippen LogP contribution in [0.2, 0.25) is 0 Å². The van der Waals surface area contributed by atoms with Crippen molar-refractivity contribution in [3.8, 4) is 5.75 Å². The molecule has 23 heavy (non-hydrogen) atoms. The number of hydrogen-bond donors (Lipinski definition) is 1. The summed E-state index contributed by atoms with van der Waals surface area (Å²) in [5, 5.41) is 10.3. The van der Waals surface area contributed by atoms with Crippen molar-refractivity contribution in [1.29, 1.82) is 0 Å². The Morgan fingerprint density at radius 1 is 1.26 bits per heavy atom. The van der Waals surface area contributed by atoms with Crippen molar-refractivity contribution < 1.29 is 19.0 Å². The Balaban J connectivity index is 1.58. The van der Waals surface area contributed by atoms with Crippen molar-refractivity contribution in [3.63, 3.8) is 0 Å². The van der Waals surface area contributed by atoms with Crippen molar-refractivity contribution in [2.45, 2.75) is 32.2 Å². The minimum atomic E-state index is -0.577. The van der Waals surface area contributed by atoms with Crippen molar-refractivity contribution >= 4 is 5.69 Å². The van der Waals surface area contributed by atoms with Gasteiger partial charge in [0.1, 0.15) is 23.7 Å². The summed E-state index contributed by atoms with van der Waals surface area (Å²) in [5.41, 5.74) is 0.722. The van der Waals surface area contributed by atoms with Gasteiger partial charge in [-0.25, -0.2) is 0 Å². The van der Waals surface area contributed by atoms with E-state index in [-0.39, 0.29) is 12.2 Å². The van der Waals surface area contributed by atoms with Gasteiger partial charge in [0.2, 0.25) is 0 Å². The molecule has 0 radical (unpaired) electrons. The van der Waals surface area contributed by atoms with Gasteiger partial charge in [0, 0.05) is 6.54 Å². The van der Waals surface area contributed by atoms with Crippen molar-refractivity contribution in [1.82, 2.24) is 0 Å². The van der Waals surface area contributed by atoms with Crippen LogP contribution in [0.5, 0.6) is 5.75 Å². The lowest BCUT2D eigenvalue weighted by Crippen LogP contribution is -2.49. The monoisotopic (exact) mass is 317 g/mol. The second-order valence-electron chi connectivity index (χ2n) is 6.46. The van der Waals surface area contributed by atoms with Crippen LogP contribution in [0.25, 0.3) is 0 Å². The molecule has 0 saturated carbocycles. The van der Waals surface area contributed by atoms with E-state index >= 15 is 0 Å². The van der Waals surface area contributed by atoms with Crippen LogP contribution in [0, 0.1) is 0 Å². The van der Waals surface area contributed by atoms with Crippen LogP contribution in [-0.2, 0) is 11.3 Å². The maximum Gasteiger partial charge on any atom is 0.143 e. The average molecular weight is 317 g/mol. The molecule has 0 spiro atoms. The van der Waals surface area contributed by atoms with E-state index < -0.39 is 6.10 Å². The number of anilines is 1. The number of para-hydroxylation sites is 2. The lowest BCUT2D eigenvalue weighted by Gasteiger charge is -2.41. The molecule has 0 aliphatic carbocycles. The first-order valence-electron chi connectivity index (χ1n) is 7.85. The first-order chi connectivity index (χ1) is 11.0. The second-order valence-corrected chi connectivity index (χ2v) is 6.46. The van der Waals surface area contributed by atoms with Crippen LogP contribution >= 0.6 is 0 Å². The van der Waals surface area contributed by atoms with Gasteiger partial charge in [0.15, 0.2) is 0 Å². The average Bonchev–Trinajstić information content (AvgIpc) is 2.99. The minimum absolute atomic E-state index is 0.265. The van der Waals surface area contributed by atoms with Crippen molar-refractivity contribution in [3.05, 3.63) is 48.4 Å². The normalized spacial score (nSPS) is 17.4. The van der Waals surface area contributed by atoms with E-state index in [0.717, 1.165) is 23.7 Å². The van der Waals surface area contributed by atoms with E-state index in [2.05, 4.69) is 18.7 Å². The molecule has 1 aliphatic rings. The lowest BCUT2D eigenvalue weighted by atomic mass is 10.0. The van der Waals surface area contributed by atoms with Gasteiger partial charge in [-0.3, -0.25) is 0 Å². The van der Waals surface area contributed by atoms with Crippen LogP contribution in [0.3, 0.4) is 0 Å². The van der Waals surface area contributed by atoms with Gasteiger partial charge in [-0.2, -0.15) is 0 Å². The summed E-state index contributed by atoms with van der Waals surface area (Å²) >= 11 is 0. The molecule has 1 atom stereocenters. The zero-order chi connectivity index (χ0) is 16.3. The van der Waals surface area contributed by atoms with Gasteiger partial charge < -0.3 is 23.9 Å². The molecule has 0 fully saturated rings. The number of aliphatic hydroxyl groups excluding tert-OH is 1. The number of β-amino-alcohol motifs (C(OH)–C–C–N with tert-alkyl or cyclic N) is 1. The highest BCUT2D eigenvalue weighted by Crippen LogP contribution is 2.36. The number of benzene rings is 1. The molecule has 1 aliphatic heterocycles. The van der Waals surface area contributed by atoms with Crippen LogP contribution < -0.4 is 9.64 Å². The third kappa shape index (κ3) is 4.06. The molecular weight excluding hydrogens is 294 g/mol. The van der Waals surface area contributed by atoms with Gasteiger partial charge >= 0.3 is 0 Å². The van der Waals surface area contributed by atoms with Gasteiger partial charge in [0.25, 0.3) is 0 Å². The highest BCUT2D eigenvalue weighted by Gasteiger charge is 2.32. The topological polar surface area (TPSA) is 55.1 Å². The molecule has 1 unspecified atom stereocenters. The smallest absolute Gasteiger partial charge is 0.143 e. The molecule has 0 amide bonds. The van der Waals surface area contributed by atoms with E-state index in [4.69, 9.17) is 13.9 Å². The zero-order valence-corrected chi connectivity index (χ0v) is 13.6. The first-order valence-corrected chi connectivity index (χ1v) is 7.85. The summed E-state index contributed by atoms with van der Waals surface area (Å²) in [5.74, 6) is 1.61. The molecule has 1 aromatic heterocycles. The number of ether oxygens (including phenoxy) is 2. The summed E-state index contributed by atoms with van der Waals surface area (Å²) in [4.78, 5) is 2.15. The summed E-state index contributed by atoms with van der Waals surface area (Å²) in [7, 11) is 0. The summed E-state index contributed by atoms with van der Waals surface area (Å²) in [6, 6.07) is 11.6. The fraction of sp³-hybridized carbons (Fsp3) is 0.444. The molecule has 5 heteroatoms. The number of nitrogens with zero attached hydrogens (tertiary/aromatic N) is 1. The van der Waals surface area contributed by atoms with Gasteiger partial charge in [0.05, 0.1) is 31.2 Å². The molecular formula is C18H23NO4. The standard InChI is InChI=1S/C18H23NO4/c1-18(2)13-19(16-7-3-4-8-17(16)23-18)10-14(20)11-21-12-15-6-5-9-22-15/h3-9,14,20H,10-13H2,1-2H3. The second kappa shape index (κ2) is 6.64. The number of furan rings is 1. The number of hydrogen-bond acceptors (Lipinski definition) is 5. The van der Waals surface area contributed by atoms with Crippen LogP contribution in [-0.4, -0.2) is 36.5 Å². The third-order valence-corrected chi connectivity index (χ3v) is 3.73. The van der Waals surface area contributed by atoms with E-state index in [1.165, 1.54) is 0 Å². The molecule has 124 valence electrons. The quantitative estimate of drug-likeness (QED) is 0.888. The Hall–Kier alpha value is -1.98. The van der Waals surface area contributed by atoms with E-state index in [1.807, 2.05) is 36.4 Å². The molecule has 2 aromatic rings. The highest BCUT2D eigenvalue weighted by atomic mass is 16.5. The Labute approximate surface area is 136 Å². The SMILES string of the molecule is CC1(C)CN(CC(O)COCc2ccco2)c2ccccc2O1. The van der Waals surface area contributed by atoms with Crippen LogP contribution in [0.15, 0.2) is 47.1 Å². The maximum absolute atomic E-state index is 10.3. The number of fused-ring (bicyclic) bond motifs is 1. The molecule has 5 nitrogen and oxygen atoms in total. The molecule has 2 heterocycles. The first kappa shape index (κ1) is 15.9. The predicted octanol–water partition coefficient (Wildman–Crippen LogP) is 2.83. The summed E-state index contributed by atoms with van der Waals surface area (Å²) in [6.07, 6.45) is 1.04. The summed E-state index contributed by atoms with van der Waals surface area (Å²) < 4.78 is 16.7. The number of aliphatic hydroxyl groups is 1. The van der Waals surface area contributed by atoms with E-state index in [0.29, 0.717) is 13.2 Å². The van der Waals surface area contributed by atoms with Gasteiger partial charge in [-0.1, -0.05) is 12.1 Å². The Kier molecular flexibility index (Phi) is 4.59. The van der Waals surface area contributed by atoms with Crippen molar-refractivity contribution in [2.75, 3.05) is 24.6 Å². The lowest BCUT2D eigenvalue weighted by molar-refractivity contribution is 0.0224. The molecule has 1 aromatic carbocycles. The third-order valence-electron chi connectivity index (χ3n) is 3.73. The largest absolute Gasteiger partial charge is 0.484 e. The molecule has 0 bridgehead atoms. The van der Waals surface area contributed by atoms with E-state index in [9.17, 15) is 5.11 Å². The van der Waals surface area contributed by atoms with E-state index in [1.54, 1.807) is 6.26 Å². The molecule has 0 saturated heterocycles. The fourth-order valence-corrected chi connectivity index (χ4v) is 2.84. The Bertz CT molecular complexity index is 624. The van der Waals surface area contributed by atoms with Gasteiger partial charge in [-0.05, 0) is 38.1 Å². The molecule has 3 rings (SSSR count). The fourth-order valence-electron chi connectivity index (χ4n) is 2.84. The predicted molar refractivity (Wildman–Crippen MR) is 87.7 cm³/mol. The molecule has 1 N–H and O–H groups in total. The number of rotatable bonds is 6. The Morgan fingerprint density at radius 3 is 2.87 bits per heavy atom. The van der Waals surface area contributed by atoms with Crippen molar-refractivity contribution in [2.24, 2.45) is 0 Å². The zero-order valence-electron chi connectivity index (χ0n) is 13.6. The van der Waals surface area contributed by atoms with Gasteiger partial charge in [-0.15, -0.1) is 0 Å². The minimum Gasteiger partial charge on any atom is -0.484 e. The Morgan fingerprint density at radius 2 is 2.09 bits per heavy atom.